The van der Waals surface area contributed by atoms with Gasteiger partial charge in [0.1, 0.15) is 0 Å². The van der Waals surface area contributed by atoms with E-state index < -0.39 is 5.97 Å². The number of hydrogen-bond donors (Lipinski definition) is 1. The minimum Gasteiger partial charge on any atom is -0.481 e. The van der Waals surface area contributed by atoms with E-state index in [9.17, 15) is 9.90 Å². The molecule has 0 aliphatic carbocycles. The molecule has 3 nitrogen and oxygen atoms in total. The Hall–Kier alpha value is -0.830. The molecular formula is C37H73NO2. The van der Waals surface area contributed by atoms with E-state index in [2.05, 4.69) is 45.0 Å². The van der Waals surface area contributed by atoms with Crippen LogP contribution in [0.1, 0.15) is 187 Å². The van der Waals surface area contributed by atoms with Crippen LogP contribution in [0.3, 0.4) is 0 Å². The van der Waals surface area contributed by atoms with Crippen LogP contribution in [0.2, 0.25) is 0 Å². The van der Waals surface area contributed by atoms with Crippen LogP contribution in [-0.2, 0) is 4.79 Å². The van der Waals surface area contributed by atoms with Crippen molar-refractivity contribution in [2.75, 3.05) is 20.6 Å². The molecule has 0 aromatic heterocycles. The van der Waals surface area contributed by atoms with E-state index in [4.69, 9.17) is 0 Å². The molecule has 0 aliphatic heterocycles. The molecule has 2 unspecified atom stereocenters. The van der Waals surface area contributed by atoms with Gasteiger partial charge >= 0.3 is 5.97 Å². The van der Waals surface area contributed by atoms with Gasteiger partial charge < -0.3 is 10.0 Å². The third kappa shape index (κ3) is 27.3. The Morgan fingerprint density at radius 1 is 0.550 bits per heavy atom. The number of rotatable bonds is 32. The zero-order valence-corrected chi connectivity index (χ0v) is 27.9. The summed E-state index contributed by atoms with van der Waals surface area (Å²) in [5.74, 6) is -0.403. The normalized spacial score (nSPS) is 13.4. The molecule has 0 bridgehead atoms. The maximum absolute atomic E-state index is 12.3. The van der Waals surface area contributed by atoms with Gasteiger partial charge in [-0.1, -0.05) is 154 Å². The Labute approximate surface area is 252 Å². The molecular weight excluding hydrogens is 490 g/mol. The van der Waals surface area contributed by atoms with Crippen LogP contribution in [0.4, 0.5) is 0 Å². The van der Waals surface area contributed by atoms with Gasteiger partial charge in [0.25, 0.3) is 0 Å². The van der Waals surface area contributed by atoms with E-state index >= 15 is 0 Å². The van der Waals surface area contributed by atoms with Crippen LogP contribution in [0.5, 0.6) is 0 Å². The summed E-state index contributed by atoms with van der Waals surface area (Å²) in [6.07, 6.45) is 39.4. The Bertz CT molecular complexity index is 544. The number of aliphatic carboxylic acids is 1. The zero-order valence-electron chi connectivity index (χ0n) is 27.9. The number of carboxylic acid groups (broad SMARTS) is 1. The molecule has 0 heterocycles. The van der Waals surface area contributed by atoms with Crippen molar-refractivity contribution < 1.29 is 9.90 Å². The zero-order chi connectivity index (χ0) is 29.5. The second-order valence-corrected chi connectivity index (χ2v) is 13.0. The van der Waals surface area contributed by atoms with E-state index in [-0.39, 0.29) is 5.92 Å². The molecule has 0 fully saturated rings. The number of carboxylic acids is 1. The summed E-state index contributed by atoms with van der Waals surface area (Å²) >= 11 is 0. The average Bonchev–Trinajstić information content (AvgIpc) is 2.93. The van der Waals surface area contributed by atoms with Crippen LogP contribution in [0.25, 0.3) is 0 Å². The topological polar surface area (TPSA) is 40.5 Å². The highest BCUT2D eigenvalue weighted by Crippen LogP contribution is 2.29. The first kappa shape index (κ1) is 39.2. The van der Waals surface area contributed by atoms with E-state index in [1.807, 2.05) is 0 Å². The van der Waals surface area contributed by atoms with Crippen LogP contribution >= 0.6 is 0 Å². The van der Waals surface area contributed by atoms with Crippen molar-refractivity contribution in [3.8, 4) is 0 Å². The molecule has 0 radical (unpaired) electrons. The van der Waals surface area contributed by atoms with Gasteiger partial charge in [0.05, 0.1) is 5.92 Å². The lowest BCUT2D eigenvalue weighted by Crippen LogP contribution is -2.24. The highest BCUT2D eigenvalue weighted by atomic mass is 16.4. The summed E-state index contributed by atoms with van der Waals surface area (Å²) < 4.78 is 0. The first-order valence-electron chi connectivity index (χ1n) is 18.0. The molecule has 0 aromatic rings. The maximum atomic E-state index is 12.3. The van der Waals surface area contributed by atoms with Gasteiger partial charge in [-0.2, -0.15) is 0 Å². The SMILES string of the molecule is CCCCCCC/C=C/CCC(CCCCCCCCCCCCCCCCC)C(CCCCN(C)C)C(=O)O. The summed E-state index contributed by atoms with van der Waals surface area (Å²) in [6.45, 7) is 5.61. The second-order valence-electron chi connectivity index (χ2n) is 13.0. The fraction of sp³-hybridized carbons (Fsp3) is 0.919. The van der Waals surface area contributed by atoms with Crippen molar-refractivity contribution in [1.82, 2.24) is 4.90 Å². The van der Waals surface area contributed by atoms with Gasteiger partial charge in [-0.15, -0.1) is 0 Å². The Kier molecular flexibility index (Phi) is 30.5. The first-order valence-corrected chi connectivity index (χ1v) is 18.0. The molecule has 2 atom stereocenters. The lowest BCUT2D eigenvalue weighted by atomic mass is 9.81. The van der Waals surface area contributed by atoms with Gasteiger partial charge in [-0.05, 0) is 71.5 Å². The van der Waals surface area contributed by atoms with Gasteiger partial charge in [0.15, 0.2) is 0 Å². The summed E-state index contributed by atoms with van der Waals surface area (Å²) in [7, 11) is 4.20. The first-order chi connectivity index (χ1) is 19.5. The van der Waals surface area contributed by atoms with Crippen molar-refractivity contribution in [3.63, 3.8) is 0 Å². The molecule has 0 spiro atoms. The number of hydrogen-bond acceptors (Lipinski definition) is 2. The lowest BCUT2D eigenvalue weighted by molar-refractivity contribution is -0.144. The summed E-state index contributed by atoms with van der Waals surface area (Å²) in [5.41, 5.74) is 0. The van der Waals surface area contributed by atoms with E-state index in [1.165, 1.54) is 135 Å². The number of allylic oxidation sites excluding steroid dienone is 2. The molecule has 40 heavy (non-hydrogen) atoms. The Morgan fingerprint density at radius 2 is 0.975 bits per heavy atom. The molecule has 0 saturated carbocycles. The smallest absolute Gasteiger partial charge is 0.306 e. The quantitative estimate of drug-likeness (QED) is 0.0653. The summed E-state index contributed by atoms with van der Waals surface area (Å²) in [6, 6.07) is 0. The van der Waals surface area contributed by atoms with Crippen molar-refractivity contribution in [3.05, 3.63) is 12.2 Å². The van der Waals surface area contributed by atoms with Gasteiger partial charge in [0.2, 0.25) is 0 Å². The number of carbonyl (C=O) groups is 1. The van der Waals surface area contributed by atoms with Crippen LogP contribution in [0.15, 0.2) is 12.2 Å². The highest BCUT2D eigenvalue weighted by Gasteiger charge is 2.26. The van der Waals surface area contributed by atoms with E-state index in [0.29, 0.717) is 5.92 Å². The monoisotopic (exact) mass is 564 g/mol. The van der Waals surface area contributed by atoms with Crippen molar-refractivity contribution in [2.45, 2.75) is 187 Å². The molecule has 0 aliphatic rings. The van der Waals surface area contributed by atoms with Gasteiger partial charge in [-0.25, -0.2) is 0 Å². The third-order valence-corrected chi connectivity index (χ3v) is 8.78. The van der Waals surface area contributed by atoms with Crippen LogP contribution < -0.4 is 0 Å². The standard InChI is InChI=1S/C37H73NO2/c1-5-7-9-11-13-15-16-17-18-19-20-22-24-26-28-32-35(31-27-25-23-21-14-12-10-8-6-2)36(37(39)40)33-29-30-34-38(3)4/h23,25,35-36H,5-22,24,26-34H2,1-4H3,(H,39,40)/b25-23+. The molecule has 0 rings (SSSR count). The average molecular weight is 564 g/mol. The third-order valence-electron chi connectivity index (χ3n) is 8.78. The Balaban J connectivity index is 4.24. The van der Waals surface area contributed by atoms with Gasteiger partial charge in [-0.3, -0.25) is 4.79 Å². The highest BCUT2D eigenvalue weighted by molar-refractivity contribution is 5.70. The molecule has 0 aromatic carbocycles. The maximum Gasteiger partial charge on any atom is 0.306 e. The minimum atomic E-state index is -0.560. The number of nitrogens with zero attached hydrogens (tertiary/aromatic N) is 1. The van der Waals surface area contributed by atoms with Crippen molar-refractivity contribution >= 4 is 5.97 Å². The lowest BCUT2D eigenvalue weighted by Gasteiger charge is -2.24. The van der Waals surface area contributed by atoms with E-state index in [1.54, 1.807) is 0 Å². The molecule has 0 amide bonds. The summed E-state index contributed by atoms with van der Waals surface area (Å²) in [4.78, 5) is 14.5. The summed E-state index contributed by atoms with van der Waals surface area (Å²) in [5, 5.41) is 10.1. The van der Waals surface area contributed by atoms with Crippen LogP contribution in [0, 0.1) is 11.8 Å². The Morgan fingerprint density at radius 3 is 1.45 bits per heavy atom. The van der Waals surface area contributed by atoms with Crippen molar-refractivity contribution in [2.24, 2.45) is 11.8 Å². The van der Waals surface area contributed by atoms with E-state index in [0.717, 1.165) is 45.1 Å². The second kappa shape index (κ2) is 31.1. The van der Waals surface area contributed by atoms with Gasteiger partial charge in [0, 0.05) is 0 Å². The van der Waals surface area contributed by atoms with Crippen LogP contribution in [-0.4, -0.2) is 36.6 Å². The fourth-order valence-electron chi connectivity index (χ4n) is 6.09. The van der Waals surface area contributed by atoms with Crippen molar-refractivity contribution in [1.29, 1.82) is 0 Å². The fourth-order valence-corrected chi connectivity index (χ4v) is 6.09. The predicted octanol–water partition coefficient (Wildman–Crippen LogP) is 12.0. The predicted molar refractivity (Wildman–Crippen MR) is 178 cm³/mol. The molecule has 238 valence electrons. The number of unbranched alkanes of at least 4 members (excludes halogenated alkanes) is 20. The molecule has 0 saturated heterocycles. The largest absolute Gasteiger partial charge is 0.481 e. The minimum absolute atomic E-state index is 0.170. The molecule has 3 heteroatoms. The molecule has 1 N–H and O–H groups in total.